The number of anilines is 2. The zero-order valence-corrected chi connectivity index (χ0v) is 20.6. The van der Waals surface area contributed by atoms with Gasteiger partial charge in [0.25, 0.3) is 0 Å². The summed E-state index contributed by atoms with van der Waals surface area (Å²) in [7, 11) is -12.1. The van der Waals surface area contributed by atoms with Gasteiger partial charge in [-0.2, -0.15) is 0 Å². The molecule has 3 nitrogen and oxygen atoms in total. The Morgan fingerprint density at radius 3 is 1.88 bits per heavy atom. The number of nitrogens with one attached hydrogen (secondary N) is 1. The van der Waals surface area contributed by atoms with Crippen LogP contribution in [0.2, 0.25) is 0 Å². The Balaban J connectivity index is 0.00000187. The van der Waals surface area contributed by atoms with Gasteiger partial charge in [0.1, 0.15) is 17.9 Å². The first kappa shape index (κ1) is 26.9. The Kier molecular flexibility index (Phi) is 7.41. The van der Waals surface area contributed by atoms with E-state index in [1.165, 1.54) is 6.20 Å². The molecule has 33 heavy (non-hydrogen) atoms. The zero-order valence-electron chi connectivity index (χ0n) is 18.9. The summed E-state index contributed by atoms with van der Waals surface area (Å²) in [5, 5.41) is 3.66. The van der Waals surface area contributed by atoms with Crippen molar-refractivity contribution >= 4 is 34.2 Å². The van der Waals surface area contributed by atoms with Gasteiger partial charge in [-0.1, -0.05) is 71.4 Å². The van der Waals surface area contributed by atoms with Gasteiger partial charge >= 0.3 is 10.2 Å². The third-order valence-corrected chi connectivity index (χ3v) is 9.49. The molecule has 0 amide bonds. The lowest BCUT2D eigenvalue weighted by Gasteiger charge is -2.40. The van der Waals surface area contributed by atoms with E-state index in [4.69, 9.17) is 0 Å². The molecule has 0 saturated heterocycles. The van der Waals surface area contributed by atoms with E-state index in [9.17, 15) is 24.0 Å². The van der Waals surface area contributed by atoms with Gasteiger partial charge in [0, 0.05) is 35.1 Å². The van der Waals surface area contributed by atoms with Gasteiger partial charge < -0.3 is 9.88 Å². The molecule has 10 heteroatoms. The molecule has 2 aromatic carbocycles. The van der Waals surface area contributed by atoms with Crippen molar-refractivity contribution in [2.75, 3.05) is 17.6 Å². The number of hydrogen-bond donors (Lipinski definition) is 1. The molecule has 3 rings (SSSR count). The van der Waals surface area contributed by atoms with Crippen LogP contribution in [0.1, 0.15) is 27.7 Å². The largest absolute Gasteiger partial charge is 0.340 e. The van der Waals surface area contributed by atoms with E-state index in [2.05, 4.69) is 10.3 Å². The van der Waals surface area contributed by atoms with E-state index in [0.29, 0.717) is 35.8 Å². The summed E-state index contributed by atoms with van der Waals surface area (Å²) in [4.78, 5) is 2.28. The predicted molar refractivity (Wildman–Crippen MR) is 130 cm³/mol. The van der Waals surface area contributed by atoms with Crippen molar-refractivity contribution in [3.05, 3.63) is 66.9 Å². The van der Waals surface area contributed by atoms with Crippen LogP contribution in [0.25, 0.3) is 11.1 Å². The summed E-state index contributed by atoms with van der Waals surface area (Å²) in [6.07, 6.45) is 2.64. The van der Waals surface area contributed by atoms with E-state index >= 15 is 0 Å². The molecule has 0 aliphatic rings. The lowest BCUT2D eigenvalue weighted by Crippen LogP contribution is -2.08. The third kappa shape index (κ3) is 6.58. The van der Waals surface area contributed by atoms with Gasteiger partial charge in [-0.15, -0.1) is 0 Å². The molecule has 0 bridgehead atoms. The molecule has 0 aliphatic carbocycles. The van der Waals surface area contributed by atoms with Crippen LogP contribution in [-0.4, -0.2) is 17.3 Å². The van der Waals surface area contributed by atoms with Gasteiger partial charge in [0.05, 0.1) is 0 Å². The molecule has 0 saturated carbocycles. The van der Waals surface area contributed by atoms with Gasteiger partial charge in [0.2, 0.25) is 0 Å². The second kappa shape index (κ2) is 9.11. The lowest BCUT2D eigenvalue weighted by molar-refractivity contribution is 0.364. The summed E-state index contributed by atoms with van der Waals surface area (Å²) in [6, 6.07) is 13.3. The lowest BCUT2D eigenvalue weighted by atomic mass is 10.1. The summed E-state index contributed by atoms with van der Waals surface area (Å²) in [5.41, 5.74) is 1.61. The average Bonchev–Trinajstić information content (AvgIpc) is 2.79. The molecule has 3 aromatic rings. The normalized spacial score (nSPS) is 13.8. The topological polar surface area (TPSA) is 42.0 Å². The fourth-order valence-electron chi connectivity index (χ4n) is 3.17. The van der Waals surface area contributed by atoms with Crippen LogP contribution >= 0.6 is 17.4 Å². The van der Waals surface area contributed by atoms with Crippen LogP contribution < -0.4 is 10.6 Å². The minimum atomic E-state index is -9.72. The summed E-state index contributed by atoms with van der Waals surface area (Å²) >= 11 is 0. The molecule has 0 radical (unpaired) electrons. The maximum Gasteiger partial charge on any atom is 0.310 e. The van der Waals surface area contributed by atoms with Crippen LogP contribution in [0.4, 0.5) is 30.9 Å². The molecular weight excluding hydrogens is 478 g/mol. The SMILES string of the molecule is CC.CCP(=O)(CC)c1ccc(-c2cccnc2Nc2ccc(S(F)(F)(F)(F)F)cc2)cc1. The Labute approximate surface area is 191 Å². The number of pyridine rings is 1. The van der Waals surface area contributed by atoms with E-state index in [-0.39, 0.29) is 5.69 Å². The summed E-state index contributed by atoms with van der Waals surface area (Å²) in [6.45, 7) is 7.78. The fraction of sp³-hybridized carbons (Fsp3) is 0.261. The molecule has 182 valence electrons. The smallest absolute Gasteiger partial charge is 0.310 e. The first-order valence-electron chi connectivity index (χ1n) is 10.5. The Morgan fingerprint density at radius 1 is 0.848 bits per heavy atom. The van der Waals surface area contributed by atoms with Crippen molar-refractivity contribution < 1.29 is 24.0 Å². The molecule has 1 aromatic heterocycles. The van der Waals surface area contributed by atoms with E-state index in [1.807, 2.05) is 52.0 Å². The van der Waals surface area contributed by atoms with Crippen molar-refractivity contribution in [1.29, 1.82) is 0 Å². The molecule has 0 spiro atoms. The zero-order chi connectivity index (χ0) is 25.0. The second-order valence-electron chi connectivity index (χ2n) is 7.09. The number of benzene rings is 2. The monoisotopic (exact) mass is 506 g/mol. The van der Waals surface area contributed by atoms with Gasteiger partial charge in [0.15, 0.2) is 0 Å². The average molecular weight is 507 g/mol. The molecule has 0 unspecified atom stereocenters. The quantitative estimate of drug-likeness (QED) is 0.257. The number of halogens is 5. The van der Waals surface area contributed by atoms with E-state index in [0.717, 1.165) is 23.0 Å². The van der Waals surface area contributed by atoms with E-state index in [1.54, 1.807) is 12.1 Å². The maximum absolute atomic E-state index is 12.9. The van der Waals surface area contributed by atoms with Crippen LogP contribution in [0.3, 0.4) is 0 Å². The second-order valence-corrected chi connectivity index (χ2v) is 13.1. The van der Waals surface area contributed by atoms with E-state index < -0.39 is 22.3 Å². The predicted octanol–water partition coefficient (Wildman–Crippen LogP) is 9.20. The molecule has 0 fully saturated rings. The minimum Gasteiger partial charge on any atom is -0.340 e. The van der Waals surface area contributed by atoms with Gasteiger partial charge in [-0.05, 0) is 42.0 Å². The third-order valence-electron chi connectivity index (χ3n) is 5.04. The maximum atomic E-state index is 12.9. The van der Waals surface area contributed by atoms with Crippen LogP contribution in [-0.2, 0) is 4.57 Å². The highest BCUT2D eigenvalue weighted by molar-refractivity contribution is 8.45. The number of rotatable bonds is 7. The summed E-state index contributed by atoms with van der Waals surface area (Å²) < 4.78 is 77.4. The highest BCUT2D eigenvalue weighted by Crippen LogP contribution is 3.02. The number of hydrogen-bond acceptors (Lipinski definition) is 3. The van der Waals surface area contributed by atoms with Crippen molar-refractivity contribution in [3.63, 3.8) is 0 Å². The Morgan fingerprint density at radius 2 is 1.39 bits per heavy atom. The molecule has 1 N–H and O–H groups in total. The van der Waals surface area contributed by atoms with Crippen molar-refractivity contribution in [2.45, 2.75) is 32.6 Å². The van der Waals surface area contributed by atoms with Crippen molar-refractivity contribution in [2.24, 2.45) is 0 Å². The molecular formula is C23H28F5N2OPS. The molecule has 0 aliphatic heterocycles. The Hall–Kier alpha value is -2.38. The highest BCUT2D eigenvalue weighted by Gasteiger charge is 2.65. The van der Waals surface area contributed by atoms with Crippen molar-refractivity contribution in [1.82, 2.24) is 4.98 Å². The Bertz CT molecular complexity index is 1130. The fourth-order valence-corrected chi connectivity index (χ4v) is 5.69. The highest BCUT2D eigenvalue weighted by atomic mass is 32.5. The van der Waals surface area contributed by atoms with Gasteiger partial charge in [-0.25, -0.2) is 4.98 Å². The number of nitrogens with zero attached hydrogens (tertiary/aromatic N) is 1. The van der Waals surface area contributed by atoms with Crippen LogP contribution in [0.15, 0.2) is 71.8 Å². The summed E-state index contributed by atoms with van der Waals surface area (Å²) in [5.74, 6) is 0.351. The molecule has 0 atom stereocenters. The standard InChI is InChI=1S/C21H22F5N2OPS.C2H6/c1-3-30(29,4-2)18-11-7-16(8-12-18)20-6-5-15-27-21(20)28-17-9-13-19(14-10-17)31(22,23,24,25)26;1-2/h5-15H,3-4H2,1-2H3,(H,27,28);1-2H3. The van der Waals surface area contributed by atoms with Crippen LogP contribution in [0, 0.1) is 0 Å². The van der Waals surface area contributed by atoms with Gasteiger partial charge in [-0.3, -0.25) is 0 Å². The first-order chi connectivity index (χ1) is 15.3. The molecule has 1 heterocycles. The van der Waals surface area contributed by atoms with Crippen LogP contribution in [0.5, 0.6) is 0 Å². The number of aromatic nitrogens is 1. The minimum absolute atomic E-state index is 0.184. The van der Waals surface area contributed by atoms with Crippen molar-refractivity contribution in [3.8, 4) is 11.1 Å². The first-order valence-corrected chi connectivity index (χ1v) is 14.5.